The first-order valence-corrected chi connectivity index (χ1v) is 5.61. The number of aryl methyl sites for hydroxylation is 1. The van der Waals surface area contributed by atoms with Gasteiger partial charge in [-0.25, -0.2) is 0 Å². The second-order valence-electron chi connectivity index (χ2n) is 4.38. The maximum atomic E-state index is 11.4. The summed E-state index contributed by atoms with van der Waals surface area (Å²) in [6, 6.07) is 0. The van der Waals surface area contributed by atoms with Gasteiger partial charge >= 0.3 is 0 Å². The van der Waals surface area contributed by atoms with Crippen LogP contribution in [0.4, 0.5) is 0 Å². The van der Waals surface area contributed by atoms with Crippen LogP contribution in [0.25, 0.3) is 0 Å². The first-order valence-electron chi connectivity index (χ1n) is 5.61. The van der Waals surface area contributed by atoms with E-state index in [-0.39, 0.29) is 0 Å². The molecule has 1 heterocycles. The first-order chi connectivity index (χ1) is 7.24. The third-order valence-electron chi connectivity index (χ3n) is 2.98. The summed E-state index contributed by atoms with van der Waals surface area (Å²) in [5, 5.41) is 8.30. The Morgan fingerprint density at radius 2 is 2.40 bits per heavy atom. The lowest BCUT2D eigenvalue weighted by atomic mass is 9.95. The molecule has 0 N–H and O–H groups in total. The van der Waals surface area contributed by atoms with Crippen molar-refractivity contribution in [3.05, 3.63) is 11.9 Å². The zero-order chi connectivity index (χ0) is 10.7. The highest BCUT2D eigenvalue weighted by molar-refractivity contribution is 5.78. The molecule has 0 amide bonds. The Hall–Kier alpha value is -1.19. The number of hydrogen-bond acceptors (Lipinski definition) is 3. The van der Waals surface area contributed by atoms with Gasteiger partial charge in [-0.2, -0.15) is 15.0 Å². The summed E-state index contributed by atoms with van der Waals surface area (Å²) < 4.78 is 0. The van der Waals surface area contributed by atoms with Gasteiger partial charge in [0.25, 0.3) is 0 Å². The van der Waals surface area contributed by atoms with Crippen LogP contribution in [-0.2, 0) is 18.3 Å². The monoisotopic (exact) mass is 207 g/mol. The molecule has 0 radical (unpaired) electrons. The molecule has 0 aliphatic heterocycles. The minimum absolute atomic E-state index is 0.418. The fourth-order valence-corrected chi connectivity index (χ4v) is 2.23. The van der Waals surface area contributed by atoms with Crippen molar-refractivity contribution >= 4 is 5.78 Å². The first kappa shape index (κ1) is 10.3. The van der Waals surface area contributed by atoms with Crippen molar-refractivity contribution in [3.8, 4) is 0 Å². The summed E-state index contributed by atoms with van der Waals surface area (Å²) in [7, 11) is 1.82. The highest BCUT2D eigenvalue weighted by Crippen LogP contribution is 2.23. The Morgan fingerprint density at radius 3 is 3.13 bits per heavy atom. The molecule has 0 spiro atoms. The van der Waals surface area contributed by atoms with Crippen LogP contribution in [0, 0.1) is 5.92 Å². The molecule has 1 aromatic rings. The molecular weight excluding hydrogens is 190 g/mol. The van der Waals surface area contributed by atoms with Crippen LogP contribution in [0.5, 0.6) is 0 Å². The summed E-state index contributed by atoms with van der Waals surface area (Å²) in [6.45, 7) is 0. The SMILES string of the molecule is Cn1ncc(CC2CCCCC(=O)C2)n1. The molecule has 1 unspecified atom stereocenters. The zero-order valence-electron chi connectivity index (χ0n) is 9.15. The third kappa shape index (κ3) is 2.88. The number of nitrogens with zero attached hydrogens (tertiary/aromatic N) is 3. The van der Waals surface area contributed by atoms with E-state index in [2.05, 4.69) is 10.2 Å². The van der Waals surface area contributed by atoms with Gasteiger partial charge in [-0.1, -0.05) is 6.42 Å². The van der Waals surface area contributed by atoms with Gasteiger partial charge in [0.05, 0.1) is 11.9 Å². The van der Waals surface area contributed by atoms with Crippen LogP contribution in [0.2, 0.25) is 0 Å². The summed E-state index contributed by atoms with van der Waals surface area (Å²) in [6.07, 6.45) is 7.61. The van der Waals surface area contributed by atoms with E-state index < -0.39 is 0 Å². The Bertz CT molecular complexity index is 345. The maximum absolute atomic E-state index is 11.4. The third-order valence-corrected chi connectivity index (χ3v) is 2.98. The predicted molar refractivity (Wildman–Crippen MR) is 56.3 cm³/mol. The molecular formula is C11H17N3O. The summed E-state index contributed by atoms with van der Waals surface area (Å²) in [5.41, 5.74) is 1.01. The second-order valence-corrected chi connectivity index (χ2v) is 4.38. The lowest BCUT2D eigenvalue weighted by Crippen LogP contribution is -2.08. The van der Waals surface area contributed by atoms with E-state index in [1.165, 1.54) is 6.42 Å². The van der Waals surface area contributed by atoms with Crippen LogP contribution in [0.1, 0.15) is 37.8 Å². The topological polar surface area (TPSA) is 47.8 Å². The van der Waals surface area contributed by atoms with E-state index in [4.69, 9.17) is 0 Å². The van der Waals surface area contributed by atoms with Crippen molar-refractivity contribution in [1.29, 1.82) is 0 Å². The summed E-state index contributed by atoms with van der Waals surface area (Å²) >= 11 is 0. The van der Waals surface area contributed by atoms with E-state index in [1.54, 1.807) is 11.0 Å². The molecule has 82 valence electrons. The molecule has 0 saturated heterocycles. The van der Waals surface area contributed by atoms with E-state index in [0.29, 0.717) is 11.7 Å². The number of rotatable bonds is 2. The molecule has 1 atom stereocenters. The second kappa shape index (κ2) is 4.55. The highest BCUT2D eigenvalue weighted by Gasteiger charge is 2.18. The quantitative estimate of drug-likeness (QED) is 0.690. The molecule has 0 aromatic carbocycles. The van der Waals surface area contributed by atoms with E-state index >= 15 is 0 Å². The van der Waals surface area contributed by atoms with E-state index in [1.807, 2.05) is 7.05 Å². The van der Waals surface area contributed by atoms with Crippen molar-refractivity contribution < 1.29 is 4.79 Å². The van der Waals surface area contributed by atoms with Crippen molar-refractivity contribution in [2.45, 2.75) is 38.5 Å². The fraction of sp³-hybridized carbons (Fsp3) is 0.727. The molecule has 4 nitrogen and oxygen atoms in total. The molecule has 0 bridgehead atoms. The van der Waals surface area contributed by atoms with Gasteiger partial charge in [-0.05, 0) is 25.2 Å². The van der Waals surface area contributed by atoms with Crippen LogP contribution < -0.4 is 0 Å². The predicted octanol–water partition coefficient (Wildman–Crippen LogP) is 1.51. The van der Waals surface area contributed by atoms with E-state index in [9.17, 15) is 4.79 Å². The largest absolute Gasteiger partial charge is 0.300 e. The number of ketones is 1. The van der Waals surface area contributed by atoms with Gasteiger partial charge in [0.2, 0.25) is 0 Å². The van der Waals surface area contributed by atoms with Crippen molar-refractivity contribution in [2.75, 3.05) is 0 Å². The van der Waals surface area contributed by atoms with Crippen LogP contribution in [0.15, 0.2) is 6.20 Å². The van der Waals surface area contributed by atoms with Gasteiger partial charge in [0.15, 0.2) is 0 Å². The standard InChI is InChI=1S/C11H17N3O/c1-14-12-8-10(13-14)6-9-4-2-3-5-11(15)7-9/h8-9H,2-7H2,1H3. The van der Waals surface area contributed by atoms with Gasteiger partial charge in [-0.3, -0.25) is 4.79 Å². The summed E-state index contributed by atoms with van der Waals surface area (Å²) in [5.74, 6) is 0.901. The van der Waals surface area contributed by atoms with Gasteiger partial charge in [0, 0.05) is 19.9 Å². The van der Waals surface area contributed by atoms with Crippen LogP contribution in [0.3, 0.4) is 0 Å². The zero-order valence-corrected chi connectivity index (χ0v) is 9.15. The van der Waals surface area contributed by atoms with Gasteiger partial charge in [-0.15, -0.1) is 0 Å². The number of carbonyl (C=O) groups is 1. The average molecular weight is 207 g/mol. The molecule has 4 heteroatoms. The average Bonchev–Trinajstić information content (AvgIpc) is 2.46. The minimum Gasteiger partial charge on any atom is -0.300 e. The lowest BCUT2D eigenvalue weighted by molar-refractivity contribution is -0.119. The number of Topliss-reactive ketones (excluding diaryl/α,β-unsaturated/α-hetero) is 1. The molecule has 15 heavy (non-hydrogen) atoms. The summed E-state index contributed by atoms with van der Waals surface area (Å²) in [4.78, 5) is 13.0. The van der Waals surface area contributed by atoms with Crippen LogP contribution >= 0.6 is 0 Å². The van der Waals surface area contributed by atoms with Crippen molar-refractivity contribution in [1.82, 2.24) is 15.0 Å². The molecule has 1 aliphatic rings. The maximum Gasteiger partial charge on any atom is 0.133 e. The Morgan fingerprint density at radius 1 is 1.53 bits per heavy atom. The van der Waals surface area contributed by atoms with Gasteiger partial charge in [0.1, 0.15) is 5.78 Å². The Labute approximate surface area is 89.7 Å². The normalized spacial score (nSPS) is 22.7. The molecule has 1 fully saturated rings. The molecule has 1 saturated carbocycles. The lowest BCUT2D eigenvalue weighted by Gasteiger charge is -2.10. The number of hydrogen-bond donors (Lipinski definition) is 0. The Balaban J connectivity index is 1.95. The van der Waals surface area contributed by atoms with E-state index in [0.717, 1.165) is 37.8 Å². The molecule has 1 aromatic heterocycles. The molecule has 2 rings (SSSR count). The van der Waals surface area contributed by atoms with Gasteiger partial charge < -0.3 is 0 Å². The Kier molecular flexibility index (Phi) is 3.14. The minimum atomic E-state index is 0.418. The molecule has 1 aliphatic carbocycles. The smallest absolute Gasteiger partial charge is 0.133 e. The van der Waals surface area contributed by atoms with Crippen molar-refractivity contribution in [3.63, 3.8) is 0 Å². The fourth-order valence-electron chi connectivity index (χ4n) is 2.23. The van der Waals surface area contributed by atoms with Crippen molar-refractivity contribution in [2.24, 2.45) is 13.0 Å². The number of carbonyl (C=O) groups excluding carboxylic acids is 1. The van der Waals surface area contributed by atoms with Crippen LogP contribution in [-0.4, -0.2) is 20.8 Å². The highest BCUT2D eigenvalue weighted by atomic mass is 16.1. The number of aromatic nitrogens is 3.